The minimum Gasteiger partial charge on any atom is -0.482 e. The molecule has 10 atom stereocenters. The summed E-state index contributed by atoms with van der Waals surface area (Å²) in [5, 5.41) is 33.9. The number of esters is 1. The Hall–Kier alpha value is -2.27. The van der Waals surface area contributed by atoms with E-state index >= 15 is 0 Å². The van der Waals surface area contributed by atoms with E-state index in [4.69, 9.17) is 19.9 Å². The van der Waals surface area contributed by atoms with Crippen molar-refractivity contribution in [2.24, 2.45) is 28.9 Å². The molecule has 2 heterocycles. The van der Waals surface area contributed by atoms with Gasteiger partial charge in [0, 0.05) is 36.2 Å². The predicted molar refractivity (Wildman–Crippen MR) is 144 cm³/mol. The lowest BCUT2D eigenvalue weighted by Gasteiger charge is -2.63. The normalized spacial score (nSPS) is 38.5. The summed E-state index contributed by atoms with van der Waals surface area (Å²) in [5.41, 5.74) is 2.49. The number of hydrogen-bond acceptors (Lipinski definition) is 10. The Morgan fingerprint density at radius 2 is 1.82 bits per heavy atom. The molecule has 0 aromatic heterocycles. The molecule has 4 aliphatic rings. The smallest absolute Gasteiger partial charge is 0.302 e. The largest absolute Gasteiger partial charge is 0.482 e. The van der Waals surface area contributed by atoms with Gasteiger partial charge in [0.2, 0.25) is 11.6 Å². The minimum absolute atomic E-state index is 0.0125. The van der Waals surface area contributed by atoms with Gasteiger partial charge in [-0.2, -0.15) is 0 Å². The number of allylic oxidation sites excluding steroid dienone is 2. The van der Waals surface area contributed by atoms with Gasteiger partial charge in [0.05, 0.1) is 41.3 Å². The second-order valence-electron chi connectivity index (χ2n) is 13.2. The van der Waals surface area contributed by atoms with Crippen molar-refractivity contribution in [1.82, 2.24) is 0 Å². The van der Waals surface area contributed by atoms with E-state index in [1.54, 1.807) is 34.6 Å². The molecule has 10 nitrogen and oxygen atoms in total. The number of carbonyl (C=O) groups is 3. The summed E-state index contributed by atoms with van der Waals surface area (Å²) in [6.45, 7) is 13.7. The molecule has 2 fully saturated rings. The van der Waals surface area contributed by atoms with Crippen molar-refractivity contribution in [3.8, 4) is 0 Å². The molecule has 1 saturated carbocycles. The van der Waals surface area contributed by atoms with Gasteiger partial charge in [0.15, 0.2) is 5.76 Å². The standard InChI is InChI=1S/C30H45NO9/c1-9-13(2)25(38-15(4)32)14(3)19-21(31)22(34)20-24(36)27-29(7,40-26(20)23(19)35)11-10-17-30(27,8)16(33)12-18(39-17)28(5,6)37/h13-14,16-18,24-25,27,33,36-37H,9-12,31H2,1-8H3/t13-,14+,16+,17-,18-,24-,25-,27+,29-,30+/m1/s1. The third-order valence-electron chi connectivity index (χ3n) is 10.1. The van der Waals surface area contributed by atoms with Crippen molar-refractivity contribution >= 4 is 17.5 Å². The van der Waals surface area contributed by atoms with Crippen LogP contribution in [0.25, 0.3) is 0 Å². The van der Waals surface area contributed by atoms with Gasteiger partial charge in [-0.25, -0.2) is 0 Å². The van der Waals surface area contributed by atoms with E-state index in [9.17, 15) is 29.7 Å². The van der Waals surface area contributed by atoms with Crippen molar-refractivity contribution in [2.75, 3.05) is 0 Å². The first kappa shape index (κ1) is 30.7. The molecule has 0 unspecified atom stereocenters. The molecule has 0 aromatic carbocycles. The van der Waals surface area contributed by atoms with E-state index in [0.717, 1.165) is 0 Å². The van der Waals surface area contributed by atoms with Crippen molar-refractivity contribution in [3.05, 3.63) is 22.6 Å². The topological polar surface area (TPSA) is 166 Å². The number of rotatable bonds is 6. The molecule has 0 bridgehead atoms. The summed E-state index contributed by atoms with van der Waals surface area (Å²) in [6, 6.07) is 0. The fraction of sp³-hybridized carbons (Fsp3) is 0.767. The Labute approximate surface area is 235 Å². The molecule has 2 aliphatic heterocycles. The Bertz CT molecular complexity index is 1150. The highest BCUT2D eigenvalue weighted by atomic mass is 16.5. The number of nitrogens with two attached hydrogens (primary N) is 1. The average molecular weight is 564 g/mol. The fourth-order valence-electron chi connectivity index (χ4n) is 7.59. The molecule has 224 valence electrons. The number of hydrogen-bond donors (Lipinski definition) is 4. The maximum Gasteiger partial charge on any atom is 0.302 e. The lowest BCUT2D eigenvalue weighted by atomic mass is 9.51. The van der Waals surface area contributed by atoms with E-state index in [1.807, 2.05) is 13.8 Å². The summed E-state index contributed by atoms with van der Waals surface area (Å²) in [6.07, 6.45) is -2.64. The van der Waals surface area contributed by atoms with Gasteiger partial charge in [-0.05, 0) is 39.5 Å². The van der Waals surface area contributed by atoms with Crippen LogP contribution in [-0.2, 0) is 28.6 Å². The van der Waals surface area contributed by atoms with Crippen molar-refractivity contribution in [2.45, 2.75) is 123 Å². The monoisotopic (exact) mass is 563 g/mol. The molecule has 0 amide bonds. The third kappa shape index (κ3) is 4.61. The van der Waals surface area contributed by atoms with Gasteiger partial charge in [0.1, 0.15) is 11.7 Å². The molecular formula is C30H45NO9. The average Bonchev–Trinajstić information content (AvgIpc) is 2.85. The van der Waals surface area contributed by atoms with Gasteiger partial charge in [0.25, 0.3) is 0 Å². The number of fused-ring (bicyclic) bond motifs is 3. The number of Topliss-reactive ketones (excluding diaryl/α,β-unsaturated/α-hetero) is 2. The first-order chi connectivity index (χ1) is 18.4. The van der Waals surface area contributed by atoms with E-state index < -0.39 is 76.5 Å². The van der Waals surface area contributed by atoms with Gasteiger partial charge < -0.3 is 35.3 Å². The van der Waals surface area contributed by atoms with E-state index in [1.165, 1.54) is 6.92 Å². The molecule has 2 aliphatic carbocycles. The second-order valence-corrected chi connectivity index (χ2v) is 13.2. The van der Waals surface area contributed by atoms with Crippen LogP contribution < -0.4 is 5.73 Å². The summed E-state index contributed by atoms with van der Waals surface area (Å²) < 4.78 is 18.3. The maximum atomic E-state index is 14.0. The van der Waals surface area contributed by atoms with Crippen LogP contribution >= 0.6 is 0 Å². The quantitative estimate of drug-likeness (QED) is 0.278. The van der Waals surface area contributed by atoms with Crippen LogP contribution in [0.15, 0.2) is 22.6 Å². The Morgan fingerprint density at radius 3 is 2.38 bits per heavy atom. The van der Waals surface area contributed by atoms with Crippen molar-refractivity contribution < 1.29 is 43.9 Å². The SMILES string of the molecule is CC[C@@H](C)[C@@H](OC(C)=O)[C@@H](C)C1=C(N)C(=O)C2=C(O[C@]3(C)CC[C@H]4O[C@@H](C(C)(C)O)C[C@H](O)[C@]4(C)[C@H]3[C@@H]2O)C1=O. The zero-order chi connectivity index (χ0) is 30.1. The zero-order valence-corrected chi connectivity index (χ0v) is 24.8. The summed E-state index contributed by atoms with van der Waals surface area (Å²) in [7, 11) is 0. The second kappa shape index (κ2) is 10.2. The number of aliphatic hydroxyl groups excluding tert-OH is 2. The molecule has 4 rings (SSSR count). The first-order valence-corrected chi connectivity index (χ1v) is 14.3. The lowest BCUT2D eigenvalue weighted by molar-refractivity contribution is -0.291. The van der Waals surface area contributed by atoms with Crippen LogP contribution in [-0.4, -0.2) is 74.6 Å². The molecule has 0 radical (unpaired) electrons. The molecule has 0 spiro atoms. The Morgan fingerprint density at radius 1 is 1.20 bits per heavy atom. The van der Waals surface area contributed by atoms with E-state index in [2.05, 4.69) is 0 Å². The van der Waals surface area contributed by atoms with Crippen LogP contribution in [0, 0.1) is 23.2 Å². The number of ketones is 2. The van der Waals surface area contributed by atoms with Crippen molar-refractivity contribution in [3.63, 3.8) is 0 Å². The third-order valence-corrected chi connectivity index (χ3v) is 10.1. The van der Waals surface area contributed by atoms with Gasteiger partial charge >= 0.3 is 5.97 Å². The molecule has 0 aromatic rings. The van der Waals surface area contributed by atoms with Crippen LogP contribution in [0.1, 0.15) is 81.1 Å². The molecular weight excluding hydrogens is 518 g/mol. The Kier molecular flexibility index (Phi) is 7.84. The van der Waals surface area contributed by atoms with Crippen LogP contribution in [0.5, 0.6) is 0 Å². The fourth-order valence-corrected chi connectivity index (χ4v) is 7.59. The lowest BCUT2D eigenvalue weighted by Crippen LogP contribution is -2.70. The molecule has 40 heavy (non-hydrogen) atoms. The first-order valence-electron chi connectivity index (χ1n) is 14.3. The summed E-state index contributed by atoms with van der Waals surface area (Å²) >= 11 is 0. The molecule has 5 N–H and O–H groups in total. The van der Waals surface area contributed by atoms with Gasteiger partial charge in [-0.3, -0.25) is 14.4 Å². The zero-order valence-electron chi connectivity index (χ0n) is 24.8. The summed E-state index contributed by atoms with van der Waals surface area (Å²) in [4.78, 5) is 39.6. The van der Waals surface area contributed by atoms with Gasteiger partial charge in [-0.1, -0.05) is 34.1 Å². The number of aliphatic hydroxyl groups is 3. The maximum absolute atomic E-state index is 14.0. The van der Waals surface area contributed by atoms with Crippen LogP contribution in [0.4, 0.5) is 0 Å². The van der Waals surface area contributed by atoms with Crippen LogP contribution in [0.3, 0.4) is 0 Å². The van der Waals surface area contributed by atoms with Crippen LogP contribution in [0.2, 0.25) is 0 Å². The highest BCUT2D eigenvalue weighted by Gasteiger charge is 2.67. The number of ether oxygens (including phenoxy) is 3. The number of carbonyl (C=O) groups excluding carboxylic acids is 3. The van der Waals surface area contributed by atoms with E-state index in [0.29, 0.717) is 19.3 Å². The minimum atomic E-state index is -1.45. The highest BCUT2D eigenvalue weighted by Crippen LogP contribution is 2.60. The summed E-state index contributed by atoms with van der Waals surface area (Å²) in [5.74, 6) is -3.66. The Balaban J connectivity index is 1.74. The molecule has 1 saturated heterocycles. The van der Waals surface area contributed by atoms with Crippen molar-refractivity contribution in [1.29, 1.82) is 0 Å². The molecule has 10 heteroatoms. The highest BCUT2D eigenvalue weighted by molar-refractivity contribution is 6.24. The van der Waals surface area contributed by atoms with Gasteiger partial charge in [-0.15, -0.1) is 0 Å². The predicted octanol–water partition coefficient (Wildman–Crippen LogP) is 2.07. The van der Waals surface area contributed by atoms with E-state index in [-0.39, 0.29) is 34.9 Å².